The maximum absolute atomic E-state index is 12.1. The number of nitrogens with two attached hydrogens (primary N) is 1. The lowest BCUT2D eigenvalue weighted by Gasteiger charge is -2.36. The smallest absolute Gasteiger partial charge is 0.226 e. The summed E-state index contributed by atoms with van der Waals surface area (Å²) < 4.78 is 0. The summed E-state index contributed by atoms with van der Waals surface area (Å²) in [5.41, 5.74) is 8.40. The summed E-state index contributed by atoms with van der Waals surface area (Å²) >= 11 is 0. The van der Waals surface area contributed by atoms with Crippen molar-refractivity contribution in [2.45, 2.75) is 52.0 Å². The van der Waals surface area contributed by atoms with Crippen LogP contribution in [-0.4, -0.2) is 12.5 Å². The van der Waals surface area contributed by atoms with Crippen LogP contribution in [0.1, 0.15) is 63.1 Å². The quantitative estimate of drug-likeness (QED) is 0.874. The van der Waals surface area contributed by atoms with Gasteiger partial charge in [-0.25, -0.2) is 0 Å². The minimum Gasteiger partial charge on any atom is -0.354 e. The summed E-state index contributed by atoms with van der Waals surface area (Å²) in [6, 6.07) is 8.24. The van der Waals surface area contributed by atoms with Gasteiger partial charge in [-0.05, 0) is 29.9 Å². The molecule has 3 nitrogen and oxygen atoms in total. The molecule has 0 bridgehead atoms. The van der Waals surface area contributed by atoms with Crippen molar-refractivity contribution in [3.05, 3.63) is 35.4 Å². The van der Waals surface area contributed by atoms with Crippen LogP contribution in [0.25, 0.3) is 0 Å². The number of hydrogen-bond donors (Lipinski definition) is 2. The zero-order chi connectivity index (χ0) is 14.8. The van der Waals surface area contributed by atoms with Crippen molar-refractivity contribution >= 4 is 18.3 Å². The van der Waals surface area contributed by atoms with Gasteiger partial charge in [-0.1, -0.05) is 51.5 Å². The van der Waals surface area contributed by atoms with E-state index in [2.05, 4.69) is 43.4 Å². The van der Waals surface area contributed by atoms with Crippen molar-refractivity contribution in [1.29, 1.82) is 0 Å². The van der Waals surface area contributed by atoms with E-state index >= 15 is 0 Å². The molecule has 1 aromatic rings. The summed E-state index contributed by atoms with van der Waals surface area (Å²) in [5.74, 6) is 0.677. The van der Waals surface area contributed by atoms with Crippen LogP contribution in [0, 0.1) is 5.41 Å². The Morgan fingerprint density at radius 2 is 1.76 bits per heavy atom. The van der Waals surface area contributed by atoms with Gasteiger partial charge in [-0.15, -0.1) is 12.4 Å². The molecule has 21 heavy (non-hydrogen) atoms. The molecule has 3 N–H and O–H groups in total. The molecule has 0 spiro atoms. The Labute approximate surface area is 134 Å². The monoisotopic (exact) mass is 310 g/mol. The van der Waals surface area contributed by atoms with E-state index in [9.17, 15) is 4.79 Å². The molecule has 1 saturated carbocycles. The van der Waals surface area contributed by atoms with Crippen molar-refractivity contribution < 1.29 is 4.79 Å². The molecular weight excluding hydrogens is 284 g/mol. The maximum Gasteiger partial charge on any atom is 0.226 e. The van der Waals surface area contributed by atoms with Crippen LogP contribution in [0.3, 0.4) is 0 Å². The minimum atomic E-state index is -0.152. The highest BCUT2D eigenvalue weighted by Crippen LogP contribution is 2.40. The second kappa shape index (κ2) is 7.28. The number of hydrogen-bond acceptors (Lipinski definition) is 2. The van der Waals surface area contributed by atoms with Gasteiger partial charge in [0.2, 0.25) is 5.91 Å². The number of nitrogens with one attached hydrogen (secondary N) is 1. The van der Waals surface area contributed by atoms with Crippen LogP contribution in [-0.2, 0) is 4.79 Å². The zero-order valence-corrected chi connectivity index (χ0v) is 14.0. The van der Waals surface area contributed by atoms with E-state index in [0.717, 1.165) is 24.8 Å². The molecule has 2 rings (SSSR count). The largest absolute Gasteiger partial charge is 0.354 e. The Morgan fingerprint density at radius 1 is 1.24 bits per heavy atom. The lowest BCUT2D eigenvalue weighted by Crippen LogP contribution is -2.45. The third kappa shape index (κ3) is 4.21. The molecule has 4 heteroatoms. The van der Waals surface area contributed by atoms with Crippen LogP contribution in [0.4, 0.5) is 0 Å². The predicted octanol–water partition coefficient (Wildman–Crippen LogP) is 3.54. The van der Waals surface area contributed by atoms with Gasteiger partial charge in [0, 0.05) is 18.0 Å². The molecule has 0 aliphatic heterocycles. The average Bonchev–Trinajstić information content (AvgIpc) is 2.41. The van der Waals surface area contributed by atoms with Crippen molar-refractivity contribution in [2.24, 2.45) is 11.1 Å². The standard InChI is InChI=1S/C17H26N2O.ClH/c1-12(2)13-5-7-14(8-6-13)15(18)11-19-16(20)17(3)9-4-10-17;/h5-8,12,15H,4,9-11,18H2,1-3H3,(H,19,20);1H. The topological polar surface area (TPSA) is 55.1 Å². The Balaban J connectivity index is 0.00000220. The first-order chi connectivity index (χ1) is 9.42. The van der Waals surface area contributed by atoms with Crippen molar-refractivity contribution in [1.82, 2.24) is 5.32 Å². The van der Waals surface area contributed by atoms with E-state index in [1.165, 1.54) is 5.56 Å². The maximum atomic E-state index is 12.1. The fraction of sp³-hybridized carbons (Fsp3) is 0.588. The highest BCUT2D eigenvalue weighted by molar-refractivity contribution is 5.85. The van der Waals surface area contributed by atoms with Gasteiger partial charge >= 0.3 is 0 Å². The summed E-state index contributed by atoms with van der Waals surface area (Å²) in [5, 5.41) is 3.00. The van der Waals surface area contributed by atoms with Crippen molar-refractivity contribution in [3.63, 3.8) is 0 Å². The molecule has 1 unspecified atom stereocenters. The summed E-state index contributed by atoms with van der Waals surface area (Å²) in [7, 11) is 0. The summed E-state index contributed by atoms with van der Waals surface area (Å²) in [6.07, 6.45) is 3.15. The highest BCUT2D eigenvalue weighted by Gasteiger charge is 2.39. The first-order valence-electron chi connectivity index (χ1n) is 7.56. The van der Waals surface area contributed by atoms with Crippen LogP contribution >= 0.6 is 12.4 Å². The van der Waals surface area contributed by atoms with Crippen LogP contribution in [0.15, 0.2) is 24.3 Å². The number of halogens is 1. The van der Waals surface area contributed by atoms with Gasteiger partial charge in [0.1, 0.15) is 0 Å². The first-order valence-corrected chi connectivity index (χ1v) is 7.56. The van der Waals surface area contributed by atoms with Gasteiger partial charge in [-0.2, -0.15) is 0 Å². The number of carbonyl (C=O) groups excluding carboxylic acids is 1. The molecule has 0 heterocycles. The SMILES string of the molecule is CC(C)c1ccc(C(N)CNC(=O)C2(C)CCC2)cc1.Cl. The number of benzene rings is 1. The first kappa shape index (κ1) is 18.0. The highest BCUT2D eigenvalue weighted by atomic mass is 35.5. The molecular formula is C17H27ClN2O. The second-order valence-electron chi connectivity index (χ2n) is 6.55. The van der Waals surface area contributed by atoms with E-state index < -0.39 is 0 Å². The minimum absolute atomic E-state index is 0. The van der Waals surface area contributed by atoms with Gasteiger partial charge in [-0.3, -0.25) is 4.79 Å². The van der Waals surface area contributed by atoms with Crippen molar-refractivity contribution in [3.8, 4) is 0 Å². The van der Waals surface area contributed by atoms with Crippen LogP contribution < -0.4 is 11.1 Å². The van der Waals surface area contributed by atoms with E-state index in [-0.39, 0.29) is 29.8 Å². The Bertz CT molecular complexity index is 466. The average molecular weight is 311 g/mol. The molecule has 1 aromatic carbocycles. The lowest BCUT2D eigenvalue weighted by molar-refractivity contribution is -0.134. The summed E-state index contributed by atoms with van der Waals surface area (Å²) in [6.45, 7) is 6.90. The fourth-order valence-electron chi connectivity index (χ4n) is 2.60. The molecule has 1 atom stereocenters. The van der Waals surface area contributed by atoms with Gasteiger partial charge < -0.3 is 11.1 Å². The molecule has 0 saturated heterocycles. The molecule has 1 aliphatic carbocycles. The van der Waals surface area contributed by atoms with E-state index in [0.29, 0.717) is 12.5 Å². The Hall–Kier alpha value is -1.06. The molecule has 118 valence electrons. The molecule has 0 radical (unpaired) electrons. The van der Waals surface area contributed by atoms with E-state index in [4.69, 9.17) is 5.73 Å². The van der Waals surface area contributed by atoms with Crippen LogP contribution in [0.5, 0.6) is 0 Å². The molecule has 0 aromatic heterocycles. The second-order valence-corrected chi connectivity index (χ2v) is 6.55. The third-order valence-electron chi connectivity index (χ3n) is 4.52. The number of amides is 1. The van der Waals surface area contributed by atoms with E-state index in [1.54, 1.807) is 0 Å². The third-order valence-corrected chi connectivity index (χ3v) is 4.52. The zero-order valence-electron chi connectivity index (χ0n) is 13.2. The van der Waals surface area contributed by atoms with Crippen molar-refractivity contribution in [2.75, 3.05) is 6.54 Å². The van der Waals surface area contributed by atoms with Gasteiger partial charge in [0.15, 0.2) is 0 Å². The van der Waals surface area contributed by atoms with Gasteiger partial charge in [0.05, 0.1) is 0 Å². The summed E-state index contributed by atoms with van der Waals surface area (Å²) in [4.78, 5) is 12.1. The lowest BCUT2D eigenvalue weighted by atomic mass is 9.70. The number of rotatable bonds is 5. The normalized spacial score (nSPS) is 17.6. The van der Waals surface area contributed by atoms with Crippen LogP contribution in [0.2, 0.25) is 0 Å². The Kier molecular flexibility index (Phi) is 6.24. The molecule has 1 amide bonds. The van der Waals surface area contributed by atoms with Gasteiger partial charge in [0.25, 0.3) is 0 Å². The molecule has 1 aliphatic rings. The number of carbonyl (C=O) groups is 1. The Morgan fingerprint density at radius 3 is 2.19 bits per heavy atom. The fourth-order valence-corrected chi connectivity index (χ4v) is 2.60. The predicted molar refractivity (Wildman–Crippen MR) is 89.7 cm³/mol. The molecule has 1 fully saturated rings. The van der Waals surface area contributed by atoms with E-state index in [1.807, 2.05) is 6.92 Å².